The number of nitrogens with zero attached hydrogens (tertiary/aromatic N) is 1. The molecule has 0 amide bonds. The van der Waals surface area contributed by atoms with Gasteiger partial charge >= 0.3 is 0 Å². The summed E-state index contributed by atoms with van der Waals surface area (Å²) in [6, 6.07) is 2.30. The van der Waals surface area contributed by atoms with Crippen molar-refractivity contribution in [2.75, 3.05) is 51.4 Å². The maximum Gasteiger partial charge on any atom is 0.167 e. The Morgan fingerprint density at radius 3 is 2.58 bits per heavy atom. The molecule has 0 bridgehead atoms. The van der Waals surface area contributed by atoms with Crippen LogP contribution < -0.4 is 15.0 Å². The summed E-state index contributed by atoms with van der Waals surface area (Å²) < 4.78 is 37.7. The van der Waals surface area contributed by atoms with Crippen LogP contribution in [0.3, 0.4) is 0 Å². The zero-order valence-corrected chi connectivity index (χ0v) is 10.9. The quantitative estimate of drug-likeness (QED) is 0.822. The van der Waals surface area contributed by atoms with Crippen molar-refractivity contribution in [1.29, 1.82) is 0 Å². The molecule has 0 radical (unpaired) electrons. The largest absolute Gasteiger partial charge is 0.488 e. The molecule has 6 heteroatoms. The molecule has 1 aromatic rings. The average molecular weight is 272 g/mol. The SMILES string of the molecule is COCCOc1cc(F)c(N2CCNCC2)cc1F. The van der Waals surface area contributed by atoms with Gasteiger partial charge in [0, 0.05) is 45.4 Å². The highest BCUT2D eigenvalue weighted by atomic mass is 19.1. The molecule has 0 atom stereocenters. The van der Waals surface area contributed by atoms with Crippen LogP contribution in [0.1, 0.15) is 0 Å². The van der Waals surface area contributed by atoms with Crippen LogP contribution in [-0.2, 0) is 4.74 Å². The smallest absolute Gasteiger partial charge is 0.167 e. The van der Waals surface area contributed by atoms with Crippen LogP contribution in [0.25, 0.3) is 0 Å². The number of rotatable bonds is 5. The zero-order chi connectivity index (χ0) is 13.7. The number of ether oxygens (including phenoxy) is 2. The second-order valence-corrected chi connectivity index (χ2v) is 4.31. The van der Waals surface area contributed by atoms with Crippen molar-refractivity contribution < 1.29 is 18.3 Å². The van der Waals surface area contributed by atoms with Crippen molar-refractivity contribution in [2.24, 2.45) is 0 Å². The van der Waals surface area contributed by atoms with E-state index in [1.807, 2.05) is 4.90 Å². The minimum absolute atomic E-state index is 0.0755. The summed E-state index contributed by atoms with van der Waals surface area (Å²) in [5.41, 5.74) is 0.290. The van der Waals surface area contributed by atoms with Crippen LogP contribution in [-0.4, -0.2) is 46.5 Å². The van der Waals surface area contributed by atoms with E-state index in [1.165, 1.54) is 13.2 Å². The number of hydrogen-bond acceptors (Lipinski definition) is 4. The van der Waals surface area contributed by atoms with Gasteiger partial charge in [-0.1, -0.05) is 0 Å². The molecule has 1 fully saturated rings. The number of methoxy groups -OCH3 is 1. The highest BCUT2D eigenvalue weighted by Gasteiger charge is 2.18. The minimum atomic E-state index is -0.550. The maximum absolute atomic E-state index is 14.0. The molecule has 106 valence electrons. The Morgan fingerprint density at radius 1 is 1.16 bits per heavy atom. The molecule has 4 nitrogen and oxygen atoms in total. The average Bonchev–Trinajstić information content (AvgIpc) is 2.43. The normalized spacial score (nSPS) is 15.6. The Hall–Kier alpha value is -1.40. The van der Waals surface area contributed by atoms with E-state index in [9.17, 15) is 8.78 Å². The summed E-state index contributed by atoms with van der Waals surface area (Å²) in [6.07, 6.45) is 0. The molecule has 1 aliphatic rings. The fraction of sp³-hybridized carbons (Fsp3) is 0.538. The maximum atomic E-state index is 14.0. The van der Waals surface area contributed by atoms with Gasteiger partial charge in [0.2, 0.25) is 0 Å². The molecule has 0 aliphatic carbocycles. The van der Waals surface area contributed by atoms with Gasteiger partial charge in [0.05, 0.1) is 12.3 Å². The molecular weight excluding hydrogens is 254 g/mol. The van der Waals surface area contributed by atoms with E-state index in [0.717, 1.165) is 19.2 Å². The first-order valence-corrected chi connectivity index (χ1v) is 6.29. The van der Waals surface area contributed by atoms with Crippen LogP contribution in [0.15, 0.2) is 12.1 Å². The van der Waals surface area contributed by atoms with Crippen molar-refractivity contribution in [3.63, 3.8) is 0 Å². The molecular formula is C13H18F2N2O2. The Morgan fingerprint density at radius 2 is 1.89 bits per heavy atom. The first-order chi connectivity index (χ1) is 9.22. The summed E-state index contributed by atoms with van der Waals surface area (Å²) in [5, 5.41) is 3.17. The van der Waals surface area contributed by atoms with Crippen molar-refractivity contribution >= 4 is 5.69 Å². The van der Waals surface area contributed by atoms with Crippen molar-refractivity contribution in [3.05, 3.63) is 23.8 Å². The summed E-state index contributed by atoms with van der Waals surface area (Å²) in [4.78, 5) is 1.83. The highest BCUT2D eigenvalue weighted by Crippen LogP contribution is 2.27. The fourth-order valence-corrected chi connectivity index (χ4v) is 2.01. The topological polar surface area (TPSA) is 33.7 Å². The van der Waals surface area contributed by atoms with Crippen molar-refractivity contribution in [1.82, 2.24) is 5.32 Å². The fourth-order valence-electron chi connectivity index (χ4n) is 2.01. The van der Waals surface area contributed by atoms with Gasteiger partial charge in [-0.2, -0.15) is 0 Å². The standard InChI is InChI=1S/C13H18F2N2O2/c1-18-6-7-19-13-9-10(14)12(8-11(13)15)17-4-2-16-3-5-17/h8-9,16H,2-7H2,1H3. The Balaban J connectivity index is 2.11. The predicted molar refractivity (Wildman–Crippen MR) is 68.8 cm³/mol. The molecule has 19 heavy (non-hydrogen) atoms. The minimum Gasteiger partial charge on any atom is -0.488 e. The van der Waals surface area contributed by atoms with Gasteiger partial charge in [0.1, 0.15) is 12.4 Å². The number of anilines is 1. The van der Waals surface area contributed by atoms with Crippen LogP contribution in [0.4, 0.5) is 14.5 Å². The monoisotopic (exact) mass is 272 g/mol. The molecule has 1 heterocycles. The molecule has 1 aromatic carbocycles. The first kappa shape index (κ1) is 14.0. The molecule has 0 spiro atoms. The number of hydrogen-bond donors (Lipinski definition) is 1. The van der Waals surface area contributed by atoms with Gasteiger partial charge < -0.3 is 19.7 Å². The third kappa shape index (κ3) is 3.54. The van der Waals surface area contributed by atoms with Crippen LogP contribution in [0.2, 0.25) is 0 Å². The molecule has 0 unspecified atom stereocenters. The highest BCUT2D eigenvalue weighted by molar-refractivity contribution is 5.51. The molecule has 1 N–H and O–H groups in total. The van der Waals surface area contributed by atoms with E-state index in [4.69, 9.17) is 9.47 Å². The van der Waals surface area contributed by atoms with Gasteiger partial charge in [-0.3, -0.25) is 0 Å². The van der Waals surface area contributed by atoms with Crippen LogP contribution in [0, 0.1) is 11.6 Å². The van der Waals surface area contributed by atoms with E-state index in [1.54, 1.807) is 0 Å². The lowest BCUT2D eigenvalue weighted by Gasteiger charge is -2.29. The second-order valence-electron chi connectivity index (χ2n) is 4.31. The van der Waals surface area contributed by atoms with Crippen LogP contribution >= 0.6 is 0 Å². The van der Waals surface area contributed by atoms with E-state index in [2.05, 4.69) is 5.32 Å². The van der Waals surface area contributed by atoms with E-state index in [-0.39, 0.29) is 18.0 Å². The van der Waals surface area contributed by atoms with E-state index >= 15 is 0 Å². The zero-order valence-electron chi connectivity index (χ0n) is 10.9. The van der Waals surface area contributed by atoms with Gasteiger partial charge in [0.15, 0.2) is 11.6 Å². The summed E-state index contributed by atoms with van der Waals surface area (Å²) in [7, 11) is 1.52. The lowest BCUT2D eigenvalue weighted by Crippen LogP contribution is -2.43. The van der Waals surface area contributed by atoms with Crippen molar-refractivity contribution in [2.45, 2.75) is 0 Å². The van der Waals surface area contributed by atoms with E-state index < -0.39 is 11.6 Å². The molecule has 0 saturated carbocycles. The Bertz CT molecular complexity index is 423. The molecule has 1 aliphatic heterocycles. The van der Waals surface area contributed by atoms with Crippen LogP contribution in [0.5, 0.6) is 5.75 Å². The van der Waals surface area contributed by atoms with Crippen molar-refractivity contribution in [3.8, 4) is 5.75 Å². The summed E-state index contributed by atoms with van der Waals surface area (Å²) in [6.45, 7) is 3.40. The first-order valence-electron chi connectivity index (χ1n) is 6.29. The third-order valence-electron chi connectivity index (χ3n) is 3.00. The summed E-state index contributed by atoms with van der Waals surface area (Å²) >= 11 is 0. The molecule has 1 saturated heterocycles. The number of piperazine rings is 1. The van der Waals surface area contributed by atoms with E-state index in [0.29, 0.717) is 19.7 Å². The molecule has 0 aromatic heterocycles. The predicted octanol–water partition coefficient (Wildman–Crippen LogP) is 1.40. The van der Waals surface area contributed by atoms with Gasteiger partial charge in [-0.15, -0.1) is 0 Å². The van der Waals surface area contributed by atoms with Gasteiger partial charge in [-0.25, -0.2) is 8.78 Å². The number of halogens is 2. The lowest BCUT2D eigenvalue weighted by atomic mass is 10.2. The third-order valence-corrected chi connectivity index (χ3v) is 3.00. The number of benzene rings is 1. The molecule has 2 rings (SSSR count). The lowest BCUT2D eigenvalue weighted by molar-refractivity contribution is 0.143. The van der Waals surface area contributed by atoms with Gasteiger partial charge in [-0.05, 0) is 0 Å². The number of nitrogens with one attached hydrogen (secondary N) is 1. The second kappa shape index (κ2) is 6.68. The van der Waals surface area contributed by atoms with Gasteiger partial charge in [0.25, 0.3) is 0 Å². The Labute approximate surface area is 111 Å². The Kier molecular flexibility index (Phi) is 4.93. The summed E-state index contributed by atoms with van der Waals surface area (Å²) in [5.74, 6) is -1.09.